The monoisotopic (exact) mass is 333 g/mol. The van der Waals surface area contributed by atoms with E-state index in [0.717, 1.165) is 10.5 Å². The summed E-state index contributed by atoms with van der Waals surface area (Å²) in [5, 5.41) is 23.6. The summed E-state index contributed by atoms with van der Waals surface area (Å²) in [6, 6.07) is 11.3. The largest absolute Gasteiger partial charge is 0.633 e. The lowest BCUT2D eigenvalue weighted by atomic mass is 9.91. The van der Waals surface area contributed by atoms with Crippen molar-refractivity contribution in [3.8, 4) is 5.75 Å². The number of benzene rings is 2. The van der Waals surface area contributed by atoms with E-state index in [1.54, 1.807) is 0 Å². The minimum Gasteiger partial charge on any atom is -0.633 e. The summed E-state index contributed by atoms with van der Waals surface area (Å²) in [5.41, 5.74) is 1.36. The molecule has 0 spiro atoms. The zero-order valence-electron chi connectivity index (χ0n) is 13.3. The number of nitrogens with one attached hydrogen (secondary N) is 1. The fourth-order valence-electron chi connectivity index (χ4n) is 3.32. The quantitative estimate of drug-likeness (QED) is 0.826. The van der Waals surface area contributed by atoms with Crippen molar-refractivity contribution >= 4 is 11.8 Å². The van der Waals surface area contributed by atoms with Crippen molar-refractivity contribution in [1.82, 2.24) is 0 Å². The van der Waals surface area contributed by atoms with E-state index in [1.165, 1.54) is 30.0 Å². The SMILES string of the molecule is CC1c2ccccc2SC(c2cc(F)ccc2O)(C(C)C)[NH+]1[O-]. The highest BCUT2D eigenvalue weighted by molar-refractivity contribution is 8.00. The van der Waals surface area contributed by atoms with Gasteiger partial charge in [-0.05, 0) is 31.2 Å². The molecule has 3 rings (SSSR count). The molecule has 1 aliphatic heterocycles. The summed E-state index contributed by atoms with van der Waals surface area (Å²) in [7, 11) is 0. The minimum atomic E-state index is -0.986. The van der Waals surface area contributed by atoms with E-state index in [4.69, 9.17) is 0 Å². The summed E-state index contributed by atoms with van der Waals surface area (Å²) in [6.45, 7) is 5.76. The van der Waals surface area contributed by atoms with Gasteiger partial charge in [0.15, 0.2) is 4.87 Å². The molecule has 0 aliphatic carbocycles. The molecule has 0 saturated carbocycles. The van der Waals surface area contributed by atoms with Gasteiger partial charge >= 0.3 is 0 Å². The molecular formula is C18H20FNO2S. The number of hydrogen-bond acceptors (Lipinski definition) is 3. The highest BCUT2D eigenvalue weighted by Gasteiger charge is 2.50. The van der Waals surface area contributed by atoms with Crippen LogP contribution in [0.3, 0.4) is 0 Å². The second-order valence-corrected chi connectivity index (χ2v) is 7.57. The Morgan fingerprint density at radius 1 is 1.26 bits per heavy atom. The van der Waals surface area contributed by atoms with Crippen LogP contribution >= 0.6 is 11.8 Å². The molecule has 2 N–H and O–H groups in total. The molecule has 1 heterocycles. The zero-order valence-corrected chi connectivity index (χ0v) is 14.2. The fourth-order valence-corrected chi connectivity index (χ4v) is 4.97. The third kappa shape index (κ3) is 2.43. The van der Waals surface area contributed by atoms with Crippen molar-refractivity contribution < 1.29 is 14.6 Å². The van der Waals surface area contributed by atoms with Crippen LogP contribution in [0.1, 0.15) is 37.9 Å². The lowest BCUT2D eigenvalue weighted by Gasteiger charge is -2.52. The number of hydroxylamine groups is 2. The van der Waals surface area contributed by atoms with Gasteiger partial charge in [-0.3, -0.25) is 0 Å². The predicted molar refractivity (Wildman–Crippen MR) is 89.6 cm³/mol. The molecule has 3 atom stereocenters. The van der Waals surface area contributed by atoms with Crippen molar-refractivity contribution in [3.63, 3.8) is 0 Å². The second-order valence-electron chi connectivity index (χ2n) is 6.28. The van der Waals surface area contributed by atoms with Gasteiger partial charge in [0, 0.05) is 16.4 Å². The first-order valence-corrected chi connectivity index (χ1v) is 8.50. The molecule has 1 aliphatic rings. The molecule has 5 heteroatoms. The predicted octanol–water partition coefficient (Wildman–Crippen LogP) is 3.59. The van der Waals surface area contributed by atoms with Crippen LogP contribution < -0.4 is 5.06 Å². The van der Waals surface area contributed by atoms with Crippen LogP contribution in [-0.4, -0.2) is 5.11 Å². The second kappa shape index (κ2) is 5.82. The first-order valence-electron chi connectivity index (χ1n) is 7.69. The Balaban J connectivity index is 2.25. The third-order valence-electron chi connectivity index (χ3n) is 4.59. The van der Waals surface area contributed by atoms with Gasteiger partial charge in [0.2, 0.25) is 0 Å². The smallest absolute Gasteiger partial charge is 0.180 e. The maximum atomic E-state index is 13.8. The molecule has 2 aromatic carbocycles. The van der Waals surface area contributed by atoms with Gasteiger partial charge in [-0.2, -0.15) is 0 Å². The number of aromatic hydroxyl groups is 1. The number of halogens is 1. The Hall–Kier alpha value is -1.56. The maximum absolute atomic E-state index is 13.8. The van der Waals surface area contributed by atoms with Crippen LogP contribution in [0.5, 0.6) is 5.75 Å². The zero-order chi connectivity index (χ0) is 16.8. The third-order valence-corrected chi connectivity index (χ3v) is 6.39. The van der Waals surface area contributed by atoms with E-state index >= 15 is 0 Å². The van der Waals surface area contributed by atoms with Crippen LogP contribution in [0.2, 0.25) is 0 Å². The summed E-state index contributed by atoms with van der Waals surface area (Å²) in [5.74, 6) is -0.575. The lowest BCUT2D eigenvalue weighted by molar-refractivity contribution is -0.929. The van der Waals surface area contributed by atoms with E-state index in [1.807, 2.05) is 45.0 Å². The highest BCUT2D eigenvalue weighted by Crippen LogP contribution is 2.50. The van der Waals surface area contributed by atoms with Crippen molar-refractivity contribution in [1.29, 1.82) is 0 Å². The van der Waals surface area contributed by atoms with E-state index in [0.29, 0.717) is 5.56 Å². The molecule has 0 bridgehead atoms. The molecule has 0 radical (unpaired) electrons. The fraction of sp³-hybridized carbons (Fsp3) is 0.333. The molecule has 0 fully saturated rings. The van der Waals surface area contributed by atoms with Crippen molar-refractivity contribution in [2.45, 2.75) is 36.6 Å². The average Bonchev–Trinajstić information content (AvgIpc) is 2.53. The highest BCUT2D eigenvalue weighted by atomic mass is 32.2. The Morgan fingerprint density at radius 2 is 1.96 bits per heavy atom. The van der Waals surface area contributed by atoms with Crippen molar-refractivity contribution in [3.05, 3.63) is 64.6 Å². The number of rotatable bonds is 2. The number of hydrogen-bond donors (Lipinski definition) is 2. The summed E-state index contributed by atoms with van der Waals surface area (Å²) >= 11 is 1.42. The van der Waals surface area contributed by atoms with E-state index in [2.05, 4.69) is 0 Å². The van der Waals surface area contributed by atoms with Crippen LogP contribution in [0.4, 0.5) is 4.39 Å². The maximum Gasteiger partial charge on any atom is 0.180 e. The first-order chi connectivity index (χ1) is 10.9. The van der Waals surface area contributed by atoms with E-state index < -0.39 is 10.7 Å². The van der Waals surface area contributed by atoms with Crippen molar-refractivity contribution in [2.24, 2.45) is 5.92 Å². The molecule has 2 aromatic rings. The first kappa shape index (κ1) is 16.3. The Morgan fingerprint density at radius 3 is 2.65 bits per heavy atom. The number of quaternary nitrogens is 1. The van der Waals surface area contributed by atoms with Gasteiger partial charge in [-0.15, -0.1) is 0 Å². The lowest BCUT2D eigenvalue weighted by Crippen LogP contribution is -3.15. The average molecular weight is 333 g/mol. The van der Waals surface area contributed by atoms with E-state index in [-0.39, 0.29) is 22.8 Å². The van der Waals surface area contributed by atoms with Crippen LogP contribution in [0.25, 0.3) is 0 Å². The minimum absolute atomic E-state index is 0.0112. The molecule has 3 unspecified atom stereocenters. The van der Waals surface area contributed by atoms with Crippen LogP contribution in [-0.2, 0) is 4.87 Å². The number of thioether (sulfide) groups is 1. The van der Waals surface area contributed by atoms with Gasteiger partial charge in [0.05, 0.1) is 5.56 Å². The molecule has 0 amide bonds. The molecule has 0 saturated heterocycles. The summed E-state index contributed by atoms with van der Waals surface area (Å²) in [6.07, 6.45) is 0. The Labute approximate surface area is 139 Å². The van der Waals surface area contributed by atoms with Gasteiger partial charge < -0.3 is 15.4 Å². The van der Waals surface area contributed by atoms with Gasteiger partial charge in [0.1, 0.15) is 17.6 Å². The standard InChI is InChI=1S/C18H20FNO2S/c1-11(2)18(15-10-13(19)8-9-16(15)21)20(22)12(3)14-6-4-5-7-17(14)23-18/h4-12,20-21H,1-3H3. The molecule has 23 heavy (non-hydrogen) atoms. The molecule has 0 aromatic heterocycles. The normalized spacial score (nSPS) is 27.0. The van der Waals surface area contributed by atoms with Gasteiger partial charge in [-0.25, -0.2) is 4.39 Å². The topological polar surface area (TPSA) is 47.7 Å². The van der Waals surface area contributed by atoms with Gasteiger partial charge in [-0.1, -0.05) is 43.8 Å². The van der Waals surface area contributed by atoms with Gasteiger partial charge in [0.25, 0.3) is 0 Å². The Bertz CT molecular complexity index is 737. The number of fused-ring (bicyclic) bond motifs is 1. The summed E-state index contributed by atoms with van der Waals surface area (Å²) in [4.78, 5) is 0.0249. The summed E-state index contributed by atoms with van der Waals surface area (Å²) < 4.78 is 13.8. The molecule has 122 valence electrons. The van der Waals surface area contributed by atoms with Crippen LogP contribution in [0.15, 0.2) is 47.4 Å². The number of phenols is 1. The molecular weight excluding hydrogens is 313 g/mol. The van der Waals surface area contributed by atoms with E-state index in [9.17, 15) is 14.7 Å². The number of phenolic OH excluding ortho intramolecular Hbond substituents is 1. The molecule has 3 nitrogen and oxygen atoms in total. The van der Waals surface area contributed by atoms with Crippen molar-refractivity contribution in [2.75, 3.05) is 0 Å². The van der Waals surface area contributed by atoms with Crippen LogP contribution in [0, 0.1) is 16.9 Å². The Kier molecular flexibility index (Phi) is 4.12.